The van der Waals surface area contributed by atoms with Gasteiger partial charge in [-0.1, -0.05) is 66.5 Å². The number of hydrogen-bond donors (Lipinski definition) is 0. The summed E-state index contributed by atoms with van der Waals surface area (Å²) in [4.78, 5) is 2.52. The highest BCUT2D eigenvalue weighted by Gasteiger charge is 2.10. The van der Waals surface area contributed by atoms with Crippen molar-refractivity contribution in [1.29, 1.82) is 0 Å². The Hall–Kier alpha value is -0.340. The molecule has 0 saturated carbocycles. The predicted octanol–water partition coefficient (Wildman–Crippen LogP) is 3.93. The van der Waals surface area contributed by atoms with Crippen molar-refractivity contribution < 1.29 is 0 Å². The van der Waals surface area contributed by atoms with Crippen molar-refractivity contribution in [3.63, 3.8) is 0 Å². The molecule has 0 amide bonds. The molecular weight excluding hydrogens is 262 g/mol. The van der Waals surface area contributed by atoms with E-state index < -0.39 is 0 Å². The van der Waals surface area contributed by atoms with Gasteiger partial charge in [0, 0.05) is 18.4 Å². The molecular formula is C14H22BrN. The lowest BCUT2D eigenvalue weighted by atomic mass is 10.1. The highest BCUT2D eigenvalue weighted by Crippen LogP contribution is 2.11. The summed E-state index contributed by atoms with van der Waals surface area (Å²) in [7, 11) is 0. The summed E-state index contributed by atoms with van der Waals surface area (Å²) in [6.07, 6.45) is 1.25. The first-order chi connectivity index (χ1) is 7.80. The molecule has 0 aliphatic rings. The van der Waals surface area contributed by atoms with Gasteiger partial charge in [-0.05, 0) is 18.0 Å². The number of rotatable bonds is 7. The van der Waals surface area contributed by atoms with Crippen LogP contribution in [0.4, 0.5) is 0 Å². The molecule has 0 fully saturated rings. The van der Waals surface area contributed by atoms with E-state index >= 15 is 0 Å². The van der Waals surface area contributed by atoms with Crippen molar-refractivity contribution in [2.24, 2.45) is 5.92 Å². The third-order valence-electron chi connectivity index (χ3n) is 3.01. The maximum atomic E-state index is 3.59. The molecule has 0 bridgehead atoms. The first-order valence-corrected chi connectivity index (χ1v) is 7.24. The Morgan fingerprint density at radius 2 is 1.88 bits per heavy atom. The highest BCUT2D eigenvalue weighted by atomic mass is 79.9. The third kappa shape index (κ3) is 4.67. The molecule has 0 radical (unpaired) electrons. The molecule has 0 saturated heterocycles. The lowest BCUT2D eigenvalue weighted by Gasteiger charge is -2.24. The number of benzene rings is 1. The third-order valence-corrected chi connectivity index (χ3v) is 3.92. The molecule has 16 heavy (non-hydrogen) atoms. The largest absolute Gasteiger partial charge is 0.299 e. The quantitative estimate of drug-likeness (QED) is 0.686. The summed E-state index contributed by atoms with van der Waals surface area (Å²) >= 11 is 3.59. The molecule has 2 heteroatoms. The van der Waals surface area contributed by atoms with Gasteiger partial charge in [-0.2, -0.15) is 0 Å². The molecule has 1 rings (SSSR count). The molecule has 0 heterocycles. The Labute approximate surface area is 108 Å². The van der Waals surface area contributed by atoms with Crippen molar-refractivity contribution in [2.75, 3.05) is 18.4 Å². The molecule has 0 aliphatic heterocycles. The van der Waals surface area contributed by atoms with Crippen molar-refractivity contribution in [1.82, 2.24) is 4.90 Å². The molecule has 1 unspecified atom stereocenters. The van der Waals surface area contributed by atoms with Gasteiger partial charge in [0.2, 0.25) is 0 Å². The van der Waals surface area contributed by atoms with Crippen LogP contribution in [-0.2, 0) is 6.54 Å². The Balaban J connectivity index is 2.49. The molecule has 1 atom stereocenters. The van der Waals surface area contributed by atoms with Gasteiger partial charge in [0.25, 0.3) is 0 Å². The topological polar surface area (TPSA) is 3.24 Å². The van der Waals surface area contributed by atoms with E-state index in [0.717, 1.165) is 24.3 Å². The van der Waals surface area contributed by atoms with Crippen LogP contribution in [0.1, 0.15) is 25.8 Å². The lowest BCUT2D eigenvalue weighted by molar-refractivity contribution is 0.240. The van der Waals surface area contributed by atoms with E-state index in [2.05, 4.69) is 65.0 Å². The minimum Gasteiger partial charge on any atom is -0.299 e. The number of nitrogens with zero attached hydrogens (tertiary/aromatic N) is 1. The second-order valence-electron chi connectivity index (χ2n) is 4.24. The van der Waals surface area contributed by atoms with E-state index in [1.165, 1.54) is 18.5 Å². The summed E-state index contributed by atoms with van der Waals surface area (Å²) in [5, 5.41) is 1.11. The van der Waals surface area contributed by atoms with Crippen molar-refractivity contribution in [2.45, 2.75) is 26.8 Å². The van der Waals surface area contributed by atoms with Crippen LogP contribution < -0.4 is 0 Å². The summed E-state index contributed by atoms with van der Waals surface area (Å²) < 4.78 is 0. The van der Waals surface area contributed by atoms with Crippen molar-refractivity contribution in [3.05, 3.63) is 35.9 Å². The monoisotopic (exact) mass is 283 g/mol. The smallest absolute Gasteiger partial charge is 0.0233 e. The van der Waals surface area contributed by atoms with Gasteiger partial charge in [-0.15, -0.1) is 0 Å². The summed E-state index contributed by atoms with van der Waals surface area (Å²) in [6.45, 7) is 7.89. The van der Waals surface area contributed by atoms with Crippen LogP contribution >= 0.6 is 15.9 Å². The average molecular weight is 284 g/mol. The molecule has 1 nitrogen and oxygen atoms in total. The Kier molecular flexibility index (Phi) is 6.74. The fourth-order valence-corrected chi connectivity index (χ4v) is 2.46. The lowest BCUT2D eigenvalue weighted by Crippen LogP contribution is -2.29. The van der Waals surface area contributed by atoms with Crippen molar-refractivity contribution >= 4 is 15.9 Å². The van der Waals surface area contributed by atoms with Crippen LogP contribution in [0.15, 0.2) is 30.3 Å². The SMILES string of the molecule is CCC(CBr)CN(CC)Cc1ccccc1. The maximum absolute atomic E-state index is 3.59. The van der Waals surface area contributed by atoms with E-state index in [4.69, 9.17) is 0 Å². The van der Waals surface area contributed by atoms with Gasteiger partial charge in [-0.25, -0.2) is 0 Å². The zero-order chi connectivity index (χ0) is 11.8. The molecule has 0 N–H and O–H groups in total. The molecule has 0 aliphatic carbocycles. The first-order valence-electron chi connectivity index (χ1n) is 6.12. The summed E-state index contributed by atoms with van der Waals surface area (Å²) in [6, 6.07) is 10.7. The average Bonchev–Trinajstić information content (AvgIpc) is 2.35. The van der Waals surface area contributed by atoms with E-state index in [0.29, 0.717) is 0 Å². The van der Waals surface area contributed by atoms with E-state index in [1.807, 2.05) is 0 Å². The second-order valence-corrected chi connectivity index (χ2v) is 4.89. The van der Waals surface area contributed by atoms with Gasteiger partial charge >= 0.3 is 0 Å². The molecule has 0 aromatic heterocycles. The van der Waals surface area contributed by atoms with E-state index in [1.54, 1.807) is 0 Å². The second kappa shape index (κ2) is 7.86. The zero-order valence-corrected chi connectivity index (χ0v) is 11.9. The Morgan fingerprint density at radius 1 is 1.19 bits per heavy atom. The summed E-state index contributed by atoms with van der Waals surface area (Å²) in [5.74, 6) is 0.767. The molecule has 1 aromatic carbocycles. The number of halogens is 1. The van der Waals surface area contributed by atoms with Gasteiger partial charge in [-0.3, -0.25) is 4.90 Å². The van der Waals surface area contributed by atoms with Crippen LogP contribution in [0.2, 0.25) is 0 Å². The van der Waals surface area contributed by atoms with Crippen LogP contribution in [0, 0.1) is 5.92 Å². The minimum atomic E-state index is 0.767. The van der Waals surface area contributed by atoms with Gasteiger partial charge in [0.05, 0.1) is 0 Å². The Bertz CT molecular complexity index is 269. The van der Waals surface area contributed by atoms with Gasteiger partial charge < -0.3 is 0 Å². The number of hydrogen-bond acceptors (Lipinski definition) is 1. The molecule has 1 aromatic rings. The summed E-state index contributed by atoms with van der Waals surface area (Å²) in [5.41, 5.74) is 1.41. The predicted molar refractivity (Wildman–Crippen MR) is 75.0 cm³/mol. The van der Waals surface area contributed by atoms with Crippen LogP contribution in [0.25, 0.3) is 0 Å². The minimum absolute atomic E-state index is 0.767. The fraction of sp³-hybridized carbons (Fsp3) is 0.571. The van der Waals surface area contributed by atoms with Crippen LogP contribution in [0.3, 0.4) is 0 Å². The van der Waals surface area contributed by atoms with E-state index in [9.17, 15) is 0 Å². The normalized spacial score (nSPS) is 13.0. The maximum Gasteiger partial charge on any atom is 0.0233 e. The molecule has 0 spiro atoms. The van der Waals surface area contributed by atoms with Gasteiger partial charge in [0.1, 0.15) is 0 Å². The first kappa shape index (κ1) is 13.7. The Morgan fingerprint density at radius 3 is 2.38 bits per heavy atom. The van der Waals surface area contributed by atoms with Crippen LogP contribution in [-0.4, -0.2) is 23.3 Å². The highest BCUT2D eigenvalue weighted by molar-refractivity contribution is 9.09. The standard InChI is InChI=1S/C14H22BrN/c1-3-13(10-15)11-16(4-2)12-14-8-6-5-7-9-14/h5-9,13H,3-4,10-12H2,1-2H3. The van der Waals surface area contributed by atoms with Gasteiger partial charge in [0.15, 0.2) is 0 Å². The van der Waals surface area contributed by atoms with E-state index in [-0.39, 0.29) is 0 Å². The van der Waals surface area contributed by atoms with Crippen molar-refractivity contribution in [3.8, 4) is 0 Å². The molecule has 90 valence electrons. The van der Waals surface area contributed by atoms with Crippen LogP contribution in [0.5, 0.6) is 0 Å². The number of alkyl halides is 1. The zero-order valence-electron chi connectivity index (χ0n) is 10.3. The fourth-order valence-electron chi connectivity index (χ4n) is 1.80.